The zero-order valence-corrected chi connectivity index (χ0v) is 8.83. The van der Waals surface area contributed by atoms with Gasteiger partial charge in [0.05, 0.1) is 0 Å². The van der Waals surface area contributed by atoms with Gasteiger partial charge >= 0.3 is 0 Å². The monoisotopic (exact) mass is 196 g/mol. The van der Waals surface area contributed by atoms with E-state index < -0.39 is 0 Å². The third-order valence-corrected chi connectivity index (χ3v) is 2.69. The number of carbonyl (C=O) groups excluding carboxylic acids is 1. The molecule has 3 N–H and O–H groups in total. The van der Waals surface area contributed by atoms with Gasteiger partial charge in [-0.2, -0.15) is 0 Å². The second kappa shape index (κ2) is 5.81. The van der Waals surface area contributed by atoms with E-state index in [-0.39, 0.29) is 17.9 Å². The Hall–Kier alpha value is -0.830. The maximum absolute atomic E-state index is 11.6. The summed E-state index contributed by atoms with van der Waals surface area (Å²) in [7, 11) is 0. The molecule has 0 radical (unpaired) electrons. The Balaban J connectivity index is 2.15. The Kier molecular flexibility index (Phi) is 4.66. The molecule has 3 heteroatoms. The van der Waals surface area contributed by atoms with Crippen LogP contribution in [0.4, 0.5) is 0 Å². The predicted octanol–water partition coefficient (Wildman–Crippen LogP) is 1.20. The molecule has 14 heavy (non-hydrogen) atoms. The van der Waals surface area contributed by atoms with Crippen LogP contribution in [0, 0.1) is 5.92 Å². The van der Waals surface area contributed by atoms with E-state index >= 15 is 0 Å². The van der Waals surface area contributed by atoms with Crippen molar-refractivity contribution in [2.24, 2.45) is 11.7 Å². The van der Waals surface area contributed by atoms with Crippen molar-refractivity contribution in [1.82, 2.24) is 5.32 Å². The van der Waals surface area contributed by atoms with Gasteiger partial charge in [0.15, 0.2) is 0 Å². The summed E-state index contributed by atoms with van der Waals surface area (Å²) in [6.07, 6.45) is 7.78. The molecule has 80 valence electrons. The number of hydrogen-bond donors (Lipinski definition) is 2. The molecule has 0 aliphatic heterocycles. The Morgan fingerprint density at radius 3 is 2.93 bits per heavy atom. The molecule has 0 aromatic carbocycles. The van der Waals surface area contributed by atoms with Crippen LogP contribution in [-0.2, 0) is 4.79 Å². The summed E-state index contributed by atoms with van der Waals surface area (Å²) in [5, 5.41) is 2.93. The molecule has 1 fully saturated rings. The molecular formula is C11H20N2O. The van der Waals surface area contributed by atoms with Crippen LogP contribution < -0.4 is 11.1 Å². The summed E-state index contributed by atoms with van der Waals surface area (Å²) >= 11 is 0. The van der Waals surface area contributed by atoms with Crippen LogP contribution in [0.15, 0.2) is 12.2 Å². The highest BCUT2D eigenvalue weighted by Gasteiger charge is 2.27. The van der Waals surface area contributed by atoms with E-state index in [1.54, 1.807) is 0 Å². The Morgan fingerprint density at radius 2 is 2.36 bits per heavy atom. The molecule has 0 bridgehead atoms. The third-order valence-electron chi connectivity index (χ3n) is 2.69. The van der Waals surface area contributed by atoms with Gasteiger partial charge in [0.2, 0.25) is 5.91 Å². The van der Waals surface area contributed by atoms with Crippen LogP contribution in [0.5, 0.6) is 0 Å². The Labute approximate surface area is 85.7 Å². The highest BCUT2D eigenvalue weighted by atomic mass is 16.1. The van der Waals surface area contributed by atoms with Crippen LogP contribution in [0.25, 0.3) is 0 Å². The fraction of sp³-hybridized carbons (Fsp3) is 0.727. The smallest absolute Gasteiger partial charge is 0.223 e. The molecule has 2 unspecified atom stereocenters. The number of nitrogens with two attached hydrogens (primary N) is 1. The van der Waals surface area contributed by atoms with Gasteiger partial charge in [0.25, 0.3) is 0 Å². The maximum atomic E-state index is 11.6. The van der Waals surface area contributed by atoms with Crippen LogP contribution >= 0.6 is 0 Å². The van der Waals surface area contributed by atoms with Gasteiger partial charge in [-0.1, -0.05) is 12.2 Å². The zero-order valence-electron chi connectivity index (χ0n) is 8.83. The predicted molar refractivity (Wildman–Crippen MR) is 57.8 cm³/mol. The lowest BCUT2D eigenvalue weighted by atomic mass is 10.1. The first-order chi connectivity index (χ1) is 6.74. The van der Waals surface area contributed by atoms with Crippen molar-refractivity contribution in [2.45, 2.75) is 38.6 Å². The Morgan fingerprint density at radius 1 is 1.57 bits per heavy atom. The topological polar surface area (TPSA) is 55.1 Å². The minimum atomic E-state index is 0.163. The zero-order chi connectivity index (χ0) is 10.4. The number of allylic oxidation sites excluding steroid dienone is 1. The molecule has 1 aliphatic carbocycles. The summed E-state index contributed by atoms with van der Waals surface area (Å²) in [4.78, 5) is 11.6. The van der Waals surface area contributed by atoms with Crippen LogP contribution in [-0.4, -0.2) is 18.5 Å². The lowest BCUT2D eigenvalue weighted by Crippen LogP contribution is -2.30. The number of carbonyl (C=O) groups is 1. The molecule has 2 atom stereocenters. The number of amides is 1. The average molecular weight is 196 g/mol. The molecule has 3 nitrogen and oxygen atoms in total. The van der Waals surface area contributed by atoms with Crippen molar-refractivity contribution in [3.8, 4) is 0 Å². The highest BCUT2D eigenvalue weighted by Crippen LogP contribution is 2.23. The van der Waals surface area contributed by atoms with Gasteiger partial charge in [-0.05, 0) is 32.6 Å². The molecule has 0 spiro atoms. The van der Waals surface area contributed by atoms with Crippen LogP contribution in [0.1, 0.15) is 32.6 Å². The molecule has 0 heterocycles. The summed E-state index contributed by atoms with van der Waals surface area (Å²) in [6, 6.07) is 0.237. The van der Waals surface area contributed by atoms with Crippen molar-refractivity contribution in [3.63, 3.8) is 0 Å². The molecule has 1 rings (SSSR count). The molecular weight excluding hydrogens is 176 g/mol. The van der Waals surface area contributed by atoms with E-state index in [0.29, 0.717) is 0 Å². The quantitative estimate of drug-likeness (QED) is 0.524. The van der Waals surface area contributed by atoms with E-state index in [9.17, 15) is 4.79 Å². The number of hydrogen-bond acceptors (Lipinski definition) is 2. The summed E-state index contributed by atoms with van der Waals surface area (Å²) in [5.74, 6) is 0.345. The fourth-order valence-electron chi connectivity index (χ4n) is 1.84. The lowest BCUT2D eigenvalue weighted by Gasteiger charge is -2.09. The SMILES string of the molecule is C/C=C/CCNC(=O)C1CCC(N)C1. The second-order valence-corrected chi connectivity index (χ2v) is 3.92. The molecule has 1 aliphatic rings. The van der Waals surface area contributed by atoms with Crippen molar-refractivity contribution in [2.75, 3.05) is 6.54 Å². The van der Waals surface area contributed by atoms with Gasteiger partial charge in [-0.15, -0.1) is 0 Å². The first-order valence-electron chi connectivity index (χ1n) is 5.38. The normalized spacial score (nSPS) is 27.0. The fourth-order valence-corrected chi connectivity index (χ4v) is 1.84. The van der Waals surface area contributed by atoms with Gasteiger partial charge in [-0.3, -0.25) is 4.79 Å². The minimum absolute atomic E-state index is 0.163. The minimum Gasteiger partial charge on any atom is -0.356 e. The van der Waals surface area contributed by atoms with Crippen LogP contribution in [0.2, 0.25) is 0 Å². The second-order valence-electron chi connectivity index (χ2n) is 3.92. The van der Waals surface area contributed by atoms with E-state index in [0.717, 1.165) is 32.2 Å². The van der Waals surface area contributed by atoms with Gasteiger partial charge < -0.3 is 11.1 Å². The molecule has 0 saturated heterocycles. The van der Waals surface area contributed by atoms with Crippen molar-refractivity contribution in [3.05, 3.63) is 12.2 Å². The van der Waals surface area contributed by atoms with E-state index in [1.165, 1.54) is 0 Å². The summed E-state index contributed by atoms with van der Waals surface area (Å²) in [5.41, 5.74) is 5.75. The van der Waals surface area contributed by atoms with E-state index in [2.05, 4.69) is 11.4 Å². The first-order valence-corrected chi connectivity index (χ1v) is 5.38. The average Bonchev–Trinajstić information content (AvgIpc) is 2.59. The molecule has 1 saturated carbocycles. The van der Waals surface area contributed by atoms with E-state index in [4.69, 9.17) is 5.73 Å². The van der Waals surface area contributed by atoms with Gasteiger partial charge in [-0.25, -0.2) is 0 Å². The van der Waals surface area contributed by atoms with E-state index in [1.807, 2.05) is 13.0 Å². The first kappa shape index (κ1) is 11.2. The summed E-state index contributed by atoms with van der Waals surface area (Å²) in [6.45, 7) is 2.73. The lowest BCUT2D eigenvalue weighted by molar-refractivity contribution is -0.124. The molecule has 0 aromatic rings. The largest absolute Gasteiger partial charge is 0.356 e. The van der Waals surface area contributed by atoms with Crippen molar-refractivity contribution >= 4 is 5.91 Å². The molecule has 0 aromatic heterocycles. The number of nitrogens with one attached hydrogen (secondary N) is 1. The van der Waals surface area contributed by atoms with Crippen LogP contribution in [0.3, 0.4) is 0 Å². The number of rotatable bonds is 4. The maximum Gasteiger partial charge on any atom is 0.223 e. The third kappa shape index (κ3) is 3.50. The Bertz CT molecular complexity index is 213. The molecule has 1 amide bonds. The van der Waals surface area contributed by atoms with Gasteiger partial charge in [0.1, 0.15) is 0 Å². The standard InChI is InChI=1S/C11H20N2O/c1-2-3-4-7-13-11(14)9-5-6-10(12)8-9/h2-3,9-10H,4-8,12H2,1H3,(H,13,14)/b3-2+. The summed E-state index contributed by atoms with van der Waals surface area (Å²) < 4.78 is 0. The van der Waals surface area contributed by atoms with Gasteiger partial charge in [0, 0.05) is 18.5 Å². The highest BCUT2D eigenvalue weighted by molar-refractivity contribution is 5.78. The van der Waals surface area contributed by atoms with Crippen molar-refractivity contribution in [1.29, 1.82) is 0 Å². The van der Waals surface area contributed by atoms with Crippen molar-refractivity contribution < 1.29 is 4.79 Å².